The normalized spacial score (nSPS) is 15.7. The van der Waals surface area contributed by atoms with Crippen molar-refractivity contribution in [2.45, 2.75) is 71.4 Å². The van der Waals surface area contributed by atoms with E-state index in [1.807, 2.05) is 11.6 Å². The number of hydrogen-bond acceptors (Lipinski definition) is 3. The summed E-state index contributed by atoms with van der Waals surface area (Å²) < 4.78 is 2.03. The molecule has 0 unspecified atom stereocenters. The van der Waals surface area contributed by atoms with E-state index in [2.05, 4.69) is 39.0 Å². The lowest BCUT2D eigenvalue weighted by atomic mass is 9.95. The minimum absolute atomic E-state index is 0.129. The molecule has 0 spiro atoms. The minimum Gasteiger partial charge on any atom is -0.356 e. The van der Waals surface area contributed by atoms with Crippen LogP contribution < -0.4 is 16.0 Å². The molecule has 0 atom stereocenters. The third-order valence-corrected chi connectivity index (χ3v) is 4.78. The highest BCUT2D eigenvalue weighted by Gasteiger charge is 2.15. The summed E-state index contributed by atoms with van der Waals surface area (Å²) in [6.07, 6.45) is 7.45. The minimum atomic E-state index is 0.129. The van der Waals surface area contributed by atoms with Crippen molar-refractivity contribution in [3.05, 3.63) is 17.5 Å². The molecular weight excluding hydrogens is 328 g/mol. The number of guanidine groups is 1. The fourth-order valence-electron chi connectivity index (χ4n) is 3.40. The molecule has 2 rings (SSSR count). The van der Waals surface area contributed by atoms with Crippen molar-refractivity contribution in [1.82, 2.24) is 25.7 Å². The molecule has 7 heteroatoms. The summed E-state index contributed by atoms with van der Waals surface area (Å²) in [4.78, 5) is 16.2. The number of rotatable bonds is 8. The van der Waals surface area contributed by atoms with Crippen LogP contribution in [0.25, 0.3) is 0 Å². The van der Waals surface area contributed by atoms with Crippen LogP contribution in [-0.2, 0) is 11.3 Å². The Kier molecular flexibility index (Phi) is 8.44. The number of hydrogen-bond donors (Lipinski definition) is 3. The number of nitrogens with zero attached hydrogens (tertiary/aromatic N) is 3. The predicted molar refractivity (Wildman–Crippen MR) is 105 cm³/mol. The molecule has 1 amide bonds. The first-order chi connectivity index (χ1) is 12.6. The van der Waals surface area contributed by atoms with Gasteiger partial charge in [-0.25, -0.2) is 0 Å². The van der Waals surface area contributed by atoms with Crippen molar-refractivity contribution in [3.8, 4) is 0 Å². The van der Waals surface area contributed by atoms with Gasteiger partial charge in [-0.1, -0.05) is 19.3 Å². The van der Waals surface area contributed by atoms with Gasteiger partial charge in [-0.15, -0.1) is 0 Å². The number of aromatic nitrogens is 2. The SMILES string of the molecule is CN=C(NCCCn1nc(C)cc1C)NCCC(=O)NC1CCCCC1. The van der Waals surface area contributed by atoms with E-state index in [0.29, 0.717) is 19.0 Å². The van der Waals surface area contributed by atoms with Crippen LogP contribution in [-0.4, -0.2) is 47.8 Å². The van der Waals surface area contributed by atoms with E-state index in [9.17, 15) is 4.79 Å². The van der Waals surface area contributed by atoms with Crippen LogP contribution in [0.1, 0.15) is 56.3 Å². The van der Waals surface area contributed by atoms with Crippen LogP contribution >= 0.6 is 0 Å². The molecule has 26 heavy (non-hydrogen) atoms. The van der Waals surface area contributed by atoms with Gasteiger partial charge in [0.1, 0.15) is 0 Å². The third-order valence-electron chi connectivity index (χ3n) is 4.78. The maximum absolute atomic E-state index is 12.0. The number of carbonyl (C=O) groups excluding carboxylic acids is 1. The number of amides is 1. The number of aryl methyl sites for hydroxylation is 3. The molecule has 3 N–H and O–H groups in total. The molecule has 0 radical (unpaired) electrons. The second-order valence-corrected chi connectivity index (χ2v) is 7.08. The van der Waals surface area contributed by atoms with E-state index in [1.54, 1.807) is 7.05 Å². The second-order valence-electron chi connectivity index (χ2n) is 7.08. The molecule has 0 saturated heterocycles. The van der Waals surface area contributed by atoms with Gasteiger partial charge < -0.3 is 16.0 Å². The standard InChI is InChI=1S/C19H34N6O/c1-15-14-16(2)25(24-15)13-7-11-21-19(20-3)22-12-10-18(26)23-17-8-5-4-6-9-17/h14,17H,4-13H2,1-3H3,(H,23,26)(H2,20,21,22). The van der Waals surface area contributed by atoms with Crippen molar-refractivity contribution in [1.29, 1.82) is 0 Å². The zero-order valence-corrected chi connectivity index (χ0v) is 16.5. The zero-order valence-electron chi connectivity index (χ0n) is 16.5. The van der Waals surface area contributed by atoms with E-state index in [0.717, 1.165) is 44.0 Å². The van der Waals surface area contributed by atoms with Gasteiger partial charge in [0.2, 0.25) is 5.91 Å². The molecule has 1 heterocycles. The average molecular weight is 363 g/mol. The van der Waals surface area contributed by atoms with Gasteiger partial charge in [-0.3, -0.25) is 14.5 Å². The summed E-state index contributed by atoms with van der Waals surface area (Å²) in [6, 6.07) is 2.47. The van der Waals surface area contributed by atoms with Crippen molar-refractivity contribution < 1.29 is 4.79 Å². The van der Waals surface area contributed by atoms with Crippen molar-refractivity contribution in [2.24, 2.45) is 4.99 Å². The second kappa shape index (κ2) is 10.8. The Morgan fingerprint density at radius 3 is 2.62 bits per heavy atom. The zero-order chi connectivity index (χ0) is 18.8. The van der Waals surface area contributed by atoms with Crippen LogP contribution in [0.15, 0.2) is 11.1 Å². The van der Waals surface area contributed by atoms with Gasteiger partial charge >= 0.3 is 0 Å². The molecule has 0 bridgehead atoms. The highest BCUT2D eigenvalue weighted by Crippen LogP contribution is 2.17. The molecule has 0 aliphatic heterocycles. The predicted octanol–water partition coefficient (Wildman–Crippen LogP) is 1.89. The van der Waals surface area contributed by atoms with Gasteiger partial charge in [-0.2, -0.15) is 5.10 Å². The van der Waals surface area contributed by atoms with E-state index < -0.39 is 0 Å². The van der Waals surface area contributed by atoms with Crippen molar-refractivity contribution in [2.75, 3.05) is 20.1 Å². The highest BCUT2D eigenvalue weighted by molar-refractivity contribution is 5.81. The van der Waals surface area contributed by atoms with E-state index in [4.69, 9.17) is 0 Å². The molecule has 1 aliphatic rings. The Morgan fingerprint density at radius 1 is 1.23 bits per heavy atom. The third kappa shape index (κ3) is 7.06. The number of carbonyl (C=O) groups is 1. The Bertz CT molecular complexity index is 589. The largest absolute Gasteiger partial charge is 0.356 e. The Morgan fingerprint density at radius 2 is 1.96 bits per heavy atom. The molecular formula is C19H34N6O. The van der Waals surface area contributed by atoms with Crippen LogP contribution in [0.4, 0.5) is 0 Å². The molecule has 1 saturated carbocycles. The van der Waals surface area contributed by atoms with Crippen LogP contribution in [0.2, 0.25) is 0 Å². The maximum atomic E-state index is 12.0. The molecule has 7 nitrogen and oxygen atoms in total. The van der Waals surface area contributed by atoms with E-state index >= 15 is 0 Å². The lowest BCUT2D eigenvalue weighted by molar-refractivity contribution is -0.121. The summed E-state index contributed by atoms with van der Waals surface area (Å²) in [5, 5.41) is 14.1. The Hall–Kier alpha value is -2.05. The highest BCUT2D eigenvalue weighted by atomic mass is 16.1. The van der Waals surface area contributed by atoms with Crippen LogP contribution in [0, 0.1) is 13.8 Å². The summed E-state index contributed by atoms with van der Waals surface area (Å²) in [5.41, 5.74) is 2.24. The van der Waals surface area contributed by atoms with Crippen LogP contribution in [0.5, 0.6) is 0 Å². The van der Waals surface area contributed by atoms with Crippen LogP contribution in [0.3, 0.4) is 0 Å². The van der Waals surface area contributed by atoms with Crippen molar-refractivity contribution in [3.63, 3.8) is 0 Å². The lowest BCUT2D eigenvalue weighted by Crippen LogP contribution is -2.41. The average Bonchev–Trinajstić information content (AvgIpc) is 2.95. The molecule has 146 valence electrons. The topological polar surface area (TPSA) is 83.3 Å². The summed E-state index contributed by atoms with van der Waals surface area (Å²) in [6.45, 7) is 6.37. The maximum Gasteiger partial charge on any atom is 0.221 e. The first-order valence-electron chi connectivity index (χ1n) is 9.83. The van der Waals surface area contributed by atoms with Gasteiger partial charge in [0.05, 0.1) is 5.69 Å². The quantitative estimate of drug-likeness (QED) is 0.375. The van der Waals surface area contributed by atoms with E-state index in [-0.39, 0.29) is 5.91 Å². The van der Waals surface area contributed by atoms with Gasteiger partial charge in [0.15, 0.2) is 5.96 Å². The summed E-state index contributed by atoms with van der Waals surface area (Å²) >= 11 is 0. The molecule has 1 aliphatic carbocycles. The molecule has 1 fully saturated rings. The molecule has 1 aromatic rings. The first kappa shape index (κ1) is 20.3. The Balaban J connectivity index is 1.57. The smallest absolute Gasteiger partial charge is 0.221 e. The number of nitrogens with one attached hydrogen (secondary N) is 3. The molecule has 1 aromatic heterocycles. The lowest BCUT2D eigenvalue weighted by Gasteiger charge is -2.22. The fraction of sp³-hybridized carbons (Fsp3) is 0.737. The Labute approximate surface area is 157 Å². The summed E-state index contributed by atoms with van der Waals surface area (Å²) in [7, 11) is 1.75. The van der Waals surface area contributed by atoms with E-state index in [1.165, 1.54) is 25.0 Å². The number of aliphatic imine (C=N–C) groups is 1. The fourth-order valence-corrected chi connectivity index (χ4v) is 3.40. The van der Waals surface area contributed by atoms with Gasteiger partial charge in [-0.05, 0) is 39.2 Å². The van der Waals surface area contributed by atoms with Gasteiger partial charge in [0.25, 0.3) is 0 Å². The summed E-state index contributed by atoms with van der Waals surface area (Å²) in [5.74, 6) is 0.869. The monoisotopic (exact) mass is 362 g/mol. The first-order valence-corrected chi connectivity index (χ1v) is 9.83. The van der Waals surface area contributed by atoms with Crippen molar-refractivity contribution >= 4 is 11.9 Å². The molecule has 0 aromatic carbocycles. The van der Waals surface area contributed by atoms with Gasteiger partial charge in [0, 0.05) is 44.8 Å².